The van der Waals surface area contributed by atoms with Gasteiger partial charge < -0.3 is 15.4 Å². The molecule has 29 heavy (non-hydrogen) atoms. The van der Waals surface area contributed by atoms with Gasteiger partial charge in [0.05, 0.1) is 5.52 Å². The van der Waals surface area contributed by atoms with Gasteiger partial charge in [0.2, 0.25) is 11.8 Å². The predicted octanol–water partition coefficient (Wildman–Crippen LogP) is 3.76. The predicted molar refractivity (Wildman–Crippen MR) is 113 cm³/mol. The van der Waals surface area contributed by atoms with E-state index in [2.05, 4.69) is 15.6 Å². The largest absolute Gasteiger partial charge is 0.490 e. The van der Waals surface area contributed by atoms with Crippen molar-refractivity contribution in [3.05, 3.63) is 54.7 Å². The van der Waals surface area contributed by atoms with Crippen LogP contribution in [-0.2, 0) is 9.59 Å². The van der Waals surface area contributed by atoms with Gasteiger partial charge in [0.15, 0.2) is 0 Å². The van der Waals surface area contributed by atoms with Gasteiger partial charge in [0.1, 0.15) is 11.9 Å². The fraction of sp³-hybridized carbons (Fsp3) is 0.261. The standard InChI is InChI=1S/C23H23N3O3/c1-14(18-12-23(28)25-13-18)29-22-11-17(10-21-20(22)4-3-9-24-21)16-5-7-19(8-6-16)26-15(2)27/h3-11,14,18H,12-13H2,1-2H3,(H,25,28)(H,26,27)/t14-,18-/m1/s1. The molecule has 6 heteroatoms. The Morgan fingerprint density at radius 3 is 2.69 bits per heavy atom. The molecule has 148 valence electrons. The zero-order valence-corrected chi connectivity index (χ0v) is 16.4. The molecular weight excluding hydrogens is 366 g/mol. The average Bonchev–Trinajstić information content (AvgIpc) is 3.14. The normalized spacial score (nSPS) is 17.0. The number of carbonyl (C=O) groups is 2. The molecule has 1 aliphatic rings. The lowest BCUT2D eigenvalue weighted by Crippen LogP contribution is -2.25. The number of amides is 2. The lowest BCUT2D eigenvalue weighted by Gasteiger charge is -2.21. The highest BCUT2D eigenvalue weighted by molar-refractivity contribution is 5.91. The third-order valence-corrected chi connectivity index (χ3v) is 5.21. The van der Waals surface area contributed by atoms with E-state index in [4.69, 9.17) is 4.74 Å². The van der Waals surface area contributed by atoms with Crippen LogP contribution in [0.25, 0.3) is 22.0 Å². The van der Waals surface area contributed by atoms with Crippen molar-refractivity contribution in [2.24, 2.45) is 5.92 Å². The Labute approximate surface area is 169 Å². The molecule has 0 radical (unpaired) electrons. The van der Waals surface area contributed by atoms with Crippen molar-refractivity contribution in [1.82, 2.24) is 10.3 Å². The molecule has 2 amide bonds. The first-order valence-corrected chi connectivity index (χ1v) is 9.70. The van der Waals surface area contributed by atoms with Gasteiger partial charge in [-0.1, -0.05) is 12.1 Å². The van der Waals surface area contributed by atoms with Crippen LogP contribution in [0.4, 0.5) is 5.69 Å². The summed E-state index contributed by atoms with van der Waals surface area (Å²) in [6, 6.07) is 15.6. The van der Waals surface area contributed by atoms with Gasteiger partial charge in [-0.2, -0.15) is 0 Å². The van der Waals surface area contributed by atoms with Crippen LogP contribution in [0.2, 0.25) is 0 Å². The van der Waals surface area contributed by atoms with Crippen LogP contribution in [0.1, 0.15) is 20.3 Å². The smallest absolute Gasteiger partial charge is 0.221 e. The highest BCUT2D eigenvalue weighted by Gasteiger charge is 2.28. The van der Waals surface area contributed by atoms with Gasteiger partial charge in [0, 0.05) is 43.1 Å². The maximum atomic E-state index is 11.6. The number of nitrogens with zero attached hydrogens (tertiary/aromatic N) is 1. The first-order valence-electron chi connectivity index (χ1n) is 9.70. The number of pyridine rings is 1. The Morgan fingerprint density at radius 2 is 2.00 bits per heavy atom. The van der Waals surface area contributed by atoms with Crippen LogP contribution in [0.15, 0.2) is 54.7 Å². The number of hydrogen-bond donors (Lipinski definition) is 2. The van der Waals surface area contributed by atoms with E-state index in [-0.39, 0.29) is 23.8 Å². The summed E-state index contributed by atoms with van der Waals surface area (Å²) in [4.78, 5) is 27.3. The van der Waals surface area contributed by atoms with Crippen molar-refractivity contribution in [2.75, 3.05) is 11.9 Å². The fourth-order valence-electron chi connectivity index (χ4n) is 3.62. The van der Waals surface area contributed by atoms with Crippen molar-refractivity contribution in [3.8, 4) is 16.9 Å². The molecule has 6 nitrogen and oxygen atoms in total. The van der Waals surface area contributed by atoms with Crippen LogP contribution >= 0.6 is 0 Å². The van der Waals surface area contributed by atoms with E-state index in [0.717, 1.165) is 33.5 Å². The highest BCUT2D eigenvalue weighted by Crippen LogP contribution is 2.33. The van der Waals surface area contributed by atoms with Gasteiger partial charge in [-0.05, 0) is 54.4 Å². The maximum Gasteiger partial charge on any atom is 0.221 e. The first kappa shape index (κ1) is 18.9. The maximum absolute atomic E-state index is 11.6. The third-order valence-electron chi connectivity index (χ3n) is 5.21. The quantitative estimate of drug-likeness (QED) is 0.696. The number of aromatic nitrogens is 1. The van der Waals surface area contributed by atoms with Gasteiger partial charge in [0.25, 0.3) is 0 Å². The zero-order valence-electron chi connectivity index (χ0n) is 16.4. The molecule has 4 rings (SSSR count). The molecule has 2 heterocycles. The third kappa shape index (κ3) is 4.21. The molecule has 3 aromatic rings. The van der Waals surface area contributed by atoms with Crippen LogP contribution in [0.5, 0.6) is 5.75 Å². The molecule has 0 saturated carbocycles. The monoisotopic (exact) mass is 389 g/mol. The van der Waals surface area contributed by atoms with Gasteiger partial charge >= 0.3 is 0 Å². The summed E-state index contributed by atoms with van der Waals surface area (Å²) < 4.78 is 6.31. The molecule has 1 aliphatic heterocycles. The molecule has 1 aromatic heterocycles. The number of nitrogens with one attached hydrogen (secondary N) is 2. The number of hydrogen-bond acceptors (Lipinski definition) is 4. The molecule has 1 fully saturated rings. The molecule has 2 aromatic carbocycles. The van der Waals surface area contributed by atoms with E-state index in [1.54, 1.807) is 6.20 Å². The molecule has 0 aliphatic carbocycles. The Morgan fingerprint density at radius 1 is 1.21 bits per heavy atom. The minimum atomic E-state index is -0.102. The summed E-state index contributed by atoms with van der Waals surface area (Å²) >= 11 is 0. The topological polar surface area (TPSA) is 80.3 Å². The second-order valence-electron chi connectivity index (χ2n) is 7.39. The average molecular weight is 389 g/mol. The number of fused-ring (bicyclic) bond motifs is 1. The highest BCUT2D eigenvalue weighted by atomic mass is 16.5. The van der Waals surface area contributed by atoms with Crippen molar-refractivity contribution in [1.29, 1.82) is 0 Å². The Kier molecular flexibility index (Phi) is 5.16. The lowest BCUT2D eigenvalue weighted by atomic mass is 10.0. The number of ether oxygens (including phenoxy) is 1. The number of benzene rings is 2. The summed E-state index contributed by atoms with van der Waals surface area (Å²) in [5, 5.41) is 6.58. The van der Waals surface area contributed by atoms with Crippen LogP contribution in [0.3, 0.4) is 0 Å². The zero-order chi connectivity index (χ0) is 20.4. The minimum Gasteiger partial charge on any atom is -0.490 e. The Hall–Kier alpha value is -3.41. The SMILES string of the molecule is CC(=O)Nc1ccc(-c2cc(O[C@H](C)[C@H]3CNC(=O)C3)c3cccnc3c2)cc1. The van der Waals surface area contributed by atoms with Crippen LogP contribution < -0.4 is 15.4 Å². The van der Waals surface area contributed by atoms with Gasteiger partial charge in [-0.15, -0.1) is 0 Å². The van der Waals surface area contributed by atoms with Gasteiger partial charge in [-0.3, -0.25) is 14.6 Å². The van der Waals surface area contributed by atoms with Crippen LogP contribution in [-0.4, -0.2) is 29.4 Å². The molecule has 2 N–H and O–H groups in total. The second kappa shape index (κ2) is 7.91. The molecule has 0 unspecified atom stereocenters. The van der Waals surface area contributed by atoms with E-state index >= 15 is 0 Å². The summed E-state index contributed by atoms with van der Waals surface area (Å²) in [7, 11) is 0. The van der Waals surface area contributed by atoms with Gasteiger partial charge in [-0.25, -0.2) is 0 Å². The minimum absolute atomic E-state index is 0.0741. The van der Waals surface area contributed by atoms with Crippen molar-refractivity contribution in [2.45, 2.75) is 26.4 Å². The Bertz CT molecular complexity index is 1060. The summed E-state index contributed by atoms with van der Waals surface area (Å²) in [5.41, 5.74) is 3.58. The Balaban J connectivity index is 1.67. The summed E-state index contributed by atoms with van der Waals surface area (Å²) in [6.07, 6.45) is 2.15. The van der Waals surface area contributed by atoms with Crippen molar-refractivity contribution < 1.29 is 14.3 Å². The molecule has 1 saturated heterocycles. The van der Waals surface area contributed by atoms with E-state index < -0.39 is 0 Å². The fourth-order valence-corrected chi connectivity index (χ4v) is 3.62. The molecular formula is C23H23N3O3. The van der Waals surface area contributed by atoms with E-state index in [1.807, 2.05) is 55.5 Å². The number of anilines is 1. The van der Waals surface area contributed by atoms with E-state index in [0.29, 0.717) is 13.0 Å². The molecule has 2 atom stereocenters. The summed E-state index contributed by atoms with van der Waals surface area (Å²) in [6.45, 7) is 4.13. The first-order chi connectivity index (χ1) is 14.0. The van der Waals surface area contributed by atoms with E-state index in [1.165, 1.54) is 6.92 Å². The molecule has 0 bridgehead atoms. The number of rotatable bonds is 5. The summed E-state index contributed by atoms with van der Waals surface area (Å²) in [5.74, 6) is 0.875. The van der Waals surface area contributed by atoms with Crippen molar-refractivity contribution >= 4 is 28.4 Å². The van der Waals surface area contributed by atoms with Crippen LogP contribution in [0, 0.1) is 5.92 Å². The molecule has 0 spiro atoms. The lowest BCUT2D eigenvalue weighted by molar-refractivity contribution is -0.119. The van der Waals surface area contributed by atoms with Crippen molar-refractivity contribution in [3.63, 3.8) is 0 Å². The second-order valence-corrected chi connectivity index (χ2v) is 7.39. The number of carbonyl (C=O) groups excluding carboxylic acids is 2. The van der Waals surface area contributed by atoms with E-state index in [9.17, 15) is 9.59 Å².